The molecular weight excluding hydrogens is 282 g/mol. The largest absolute Gasteiger partial charge is 0.353 e. The highest BCUT2D eigenvalue weighted by molar-refractivity contribution is 5.76. The minimum Gasteiger partial charge on any atom is -0.353 e. The highest BCUT2D eigenvalue weighted by atomic mass is 16.2. The minimum absolute atomic E-state index is 0.0186. The summed E-state index contributed by atoms with van der Waals surface area (Å²) in [7, 11) is 0. The molecule has 0 unspecified atom stereocenters. The summed E-state index contributed by atoms with van der Waals surface area (Å²) in [5, 5.41) is 5.83. The number of amides is 3. The molecule has 0 bridgehead atoms. The van der Waals surface area contributed by atoms with E-state index in [1.807, 2.05) is 6.92 Å². The summed E-state index contributed by atoms with van der Waals surface area (Å²) in [6.45, 7) is 3.90. The Bertz CT molecular complexity index is 486. The van der Waals surface area contributed by atoms with Crippen LogP contribution in [-0.4, -0.2) is 52.5 Å². The lowest BCUT2D eigenvalue weighted by atomic mass is 10.0. The van der Waals surface area contributed by atoms with E-state index >= 15 is 0 Å². The number of hydrogen-bond acceptors (Lipinski definition) is 4. The average Bonchev–Trinajstić information content (AvgIpc) is 2.55. The van der Waals surface area contributed by atoms with Gasteiger partial charge in [0.1, 0.15) is 0 Å². The Kier molecular flexibility index (Phi) is 6.12. The van der Waals surface area contributed by atoms with Crippen LogP contribution in [0.15, 0.2) is 18.6 Å². The van der Waals surface area contributed by atoms with E-state index < -0.39 is 0 Å². The molecule has 1 aromatic rings. The maximum Gasteiger partial charge on any atom is 0.317 e. The molecule has 2 N–H and O–H groups in total. The summed E-state index contributed by atoms with van der Waals surface area (Å²) in [6.07, 6.45) is 7.53. The zero-order chi connectivity index (χ0) is 15.8. The van der Waals surface area contributed by atoms with Crippen molar-refractivity contribution >= 4 is 11.9 Å². The molecule has 0 spiro atoms. The van der Waals surface area contributed by atoms with Crippen molar-refractivity contribution in [2.45, 2.75) is 38.6 Å². The number of likely N-dealkylation sites (tertiary alicyclic amines) is 1. The molecule has 3 amide bonds. The normalized spacial score (nSPS) is 15.4. The topological polar surface area (TPSA) is 87.2 Å². The van der Waals surface area contributed by atoms with Crippen molar-refractivity contribution in [1.29, 1.82) is 0 Å². The number of aryl methyl sites for hydroxylation is 1. The van der Waals surface area contributed by atoms with Crippen LogP contribution in [-0.2, 0) is 11.2 Å². The number of urea groups is 1. The Morgan fingerprint density at radius 2 is 2.09 bits per heavy atom. The third-order valence-electron chi connectivity index (χ3n) is 3.70. The number of carbonyl (C=O) groups excluding carboxylic acids is 2. The number of piperidine rings is 1. The van der Waals surface area contributed by atoms with Crippen LogP contribution in [0, 0.1) is 0 Å². The molecule has 0 saturated carbocycles. The molecule has 1 fully saturated rings. The molecule has 1 saturated heterocycles. The fraction of sp³-hybridized carbons (Fsp3) is 0.600. The molecule has 120 valence electrons. The van der Waals surface area contributed by atoms with Gasteiger partial charge in [-0.15, -0.1) is 0 Å². The van der Waals surface area contributed by atoms with E-state index in [1.54, 1.807) is 23.5 Å². The van der Waals surface area contributed by atoms with Gasteiger partial charge in [0.2, 0.25) is 5.91 Å². The third-order valence-corrected chi connectivity index (χ3v) is 3.70. The molecule has 7 heteroatoms. The van der Waals surface area contributed by atoms with Crippen LogP contribution in [0.1, 0.15) is 31.9 Å². The second-order valence-corrected chi connectivity index (χ2v) is 5.36. The first-order chi connectivity index (χ1) is 10.7. The quantitative estimate of drug-likeness (QED) is 0.839. The van der Waals surface area contributed by atoms with Crippen molar-refractivity contribution in [1.82, 2.24) is 25.5 Å². The summed E-state index contributed by atoms with van der Waals surface area (Å²) in [5.74, 6) is 0.0297. The molecule has 1 aromatic heterocycles. The fourth-order valence-corrected chi connectivity index (χ4v) is 2.49. The molecule has 1 aliphatic heterocycles. The Balaban J connectivity index is 1.67. The fourth-order valence-electron chi connectivity index (χ4n) is 2.49. The van der Waals surface area contributed by atoms with Gasteiger partial charge < -0.3 is 15.5 Å². The molecule has 1 aliphatic rings. The van der Waals surface area contributed by atoms with E-state index in [-0.39, 0.29) is 18.0 Å². The first-order valence-corrected chi connectivity index (χ1v) is 7.76. The molecule has 7 nitrogen and oxygen atoms in total. The average molecular weight is 305 g/mol. The zero-order valence-electron chi connectivity index (χ0n) is 12.9. The molecule has 0 atom stereocenters. The highest BCUT2D eigenvalue weighted by Crippen LogP contribution is 2.10. The van der Waals surface area contributed by atoms with E-state index in [4.69, 9.17) is 0 Å². The van der Waals surface area contributed by atoms with Gasteiger partial charge in [-0.05, 0) is 26.2 Å². The Morgan fingerprint density at radius 3 is 2.73 bits per heavy atom. The third kappa shape index (κ3) is 4.98. The van der Waals surface area contributed by atoms with Gasteiger partial charge in [-0.2, -0.15) is 0 Å². The number of hydrogen-bond donors (Lipinski definition) is 2. The van der Waals surface area contributed by atoms with Crippen LogP contribution < -0.4 is 10.6 Å². The maximum atomic E-state index is 12.0. The number of nitrogens with one attached hydrogen (secondary N) is 2. The van der Waals surface area contributed by atoms with Gasteiger partial charge in [0, 0.05) is 50.7 Å². The molecular formula is C15H23N5O2. The van der Waals surface area contributed by atoms with Gasteiger partial charge in [0.15, 0.2) is 0 Å². The van der Waals surface area contributed by atoms with Crippen molar-refractivity contribution in [2.24, 2.45) is 0 Å². The number of carbonyl (C=O) groups is 2. The lowest BCUT2D eigenvalue weighted by molar-refractivity contribution is -0.122. The molecule has 0 aliphatic carbocycles. The van der Waals surface area contributed by atoms with Gasteiger partial charge in [0.05, 0.1) is 5.69 Å². The highest BCUT2D eigenvalue weighted by Gasteiger charge is 2.23. The van der Waals surface area contributed by atoms with Crippen LogP contribution in [0.2, 0.25) is 0 Å². The number of aromatic nitrogens is 2. The van der Waals surface area contributed by atoms with E-state index in [9.17, 15) is 9.59 Å². The molecule has 0 aromatic carbocycles. The molecule has 0 radical (unpaired) electrons. The van der Waals surface area contributed by atoms with Crippen molar-refractivity contribution in [2.75, 3.05) is 19.6 Å². The summed E-state index contributed by atoms with van der Waals surface area (Å²) >= 11 is 0. The van der Waals surface area contributed by atoms with Crippen molar-refractivity contribution in [3.63, 3.8) is 0 Å². The standard InChI is InChI=1S/C15H23N5O2/c1-2-17-15(22)20-9-5-12(6-10-20)19-14(21)4-3-13-11-16-7-8-18-13/h7-8,11-12H,2-6,9-10H2,1H3,(H,17,22)(H,19,21). The van der Waals surface area contributed by atoms with Crippen LogP contribution in [0.25, 0.3) is 0 Å². The molecule has 2 heterocycles. The van der Waals surface area contributed by atoms with Crippen LogP contribution in [0.4, 0.5) is 4.79 Å². The second-order valence-electron chi connectivity index (χ2n) is 5.36. The lowest BCUT2D eigenvalue weighted by Crippen LogP contribution is -2.49. The molecule has 2 rings (SSSR count). The predicted molar refractivity (Wildman–Crippen MR) is 82.2 cm³/mol. The Labute approximate surface area is 130 Å². The van der Waals surface area contributed by atoms with Gasteiger partial charge >= 0.3 is 6.03 Å². The zero-order valence-corrected chi connectivity index (χ0v) is 12.9. The smallest absolute Gasteiger partial charge is 0.317 e. The second kappa shape index (κ2) is 8.31. The predicted octanol–water partition coefficient (Wildman–Crippen LogP) is 0.719. The minimum atomic E-state index is -0.0186. The number of nitrogens with zero attached hydrogens (tertiary/aromatic N) is 3. The van der Waals surface area contributed by atoms with E-state index in [0.717, 1.165) is 18.5 Å². The van der Waals surface area contributed by atoms with Gasteiger partial charge in [0.25, 0.3) is 0 Å². The van der Waals surface area contributed by atoms with Crippen molar-refractivity contribution in [3.8, 4) is 0 Å². The Morgan fingerprint density at radius 1 is 1.32 bits per heavy atom. The van der Waals surface area contributed by atoms with Gasteiger partial charge in [-0.25, -0.2) is 4.79 Å². The first kappa shape index (κ1) is 16.2. The lowest BCUT2D eigenvalue weighted by Gasteiger charge is -2.32. The van der Waals surface area contributed by atoms with Crippen LogP contribution in [0.3, 0.4) is 0 Å². The van der Waals surface area contributed by atoms with E-state index in [0.29, 0.717) is 32.5 Å². The molecule has 22 heavy (non-hydrogen) atoms. The van der Waals surface area contributed by atoms with Crippen molar-refractivity contribution in [3.05, 3.63) is 24.3 Å². The van der Waals surface area contributed by atoms with E-state index in [2.05, 4.69) is 20.6 Å². The van der Waals surface area contributed by atoms with Crippen molar-refractivity contribution < 1.29 is 9.59 Å². The van der Waals surface area contributed by atoms with Crippen LogP contribution in [0.5, 0.6) is 0 Å². The maximum absolute atomic E-state index is 12.0. The SMILES string of the molecule is CCNC(=O)N1CCC(NC(=O)CCc2cnccn2)CC1. The van der Waals surface area contributed by atoms with Gasteiger partial charge in [-0.3, -0.25) is 14.8 Å². The monoisotopic (exact) mass is 305 g/mol. The summed E-state index contributed by atoms with van der Waals surface area (Å²) < 4.78 is 0. The summed E-state index contributed by atoms with van der Waals surface area (Å²) in [5.41, 5.74) is 0.823. The summed E-state index contributed by atoms with van der Waals surface area (Å²) in [4.78, 5) is 33.6. The Hall–Kier alpha value is -2.18. The number of rotatable bonds is 5. The van der Waals surface area contributed by atoms with E-state index in [1.165, 1.54) is 0 Å². The van der Waals surface area contributed by atoms with Gasteiger partial charge in [-0.1, -0.05) is 0 Å². The first-order valence-electron chi connectivity index (χ1n) is 7.76. The van der Waals surface area contributed by atoms with Crippen LogP contribution >= 0.6 is 0 Å². The summed E-state index contributed by atoms with van der Waals surface area (Å²) in [6, 6.07) is 0.134.